The zero-order valence-corrected chi connectivity index (χ0v) is 10.7. The van der Waals surface area contributed by atoms with E-state index in [0.29, 0.717) is 5.39 Å². The number of furan rings is 1. The van der Waals surface area contributed by atoms with Crippen molar-refractivity contribution in [2.75, 3.05) is 6.26 Å². The number of halogens is 3. The van der Waals surface area contributed by atoms with E-state index in [1.807, 2.05) is 0 Å². The maximum Gasteiger partial charge on any atom is 0.421 e. The first-order chi connectivity index (χ1) is 9.02. The van der Waals surface area contributed by atoms with Crippen molar-refractivity contribution in [2.24, 2.45) is 0 Å². The Morgan fingerprint density at radius 1 is 1.05 bits per heavy atom. The monoisotopic (exact) mass is 282 g/mol. The van der Waals surface area contributed by atoms with Gasteiger partial charge in [0.15, 0.2) is 5.09 Å². The number of benzene rings is 2. The van der Waals surface area contributed by atoms with Gasteiger partial charge in [-0.15, -0.1) is 0 Å². The summed E-state index contributed by atoms with van der Waals surface area (Å²) in [5.74, 6) is 0. The minimum Gasteiger partial charge on any atom is -0.449 e. The van der Waals surface area contributed by atoms with Crippen molar-refractivity contribution in [3.63, 3.8) is 0 Å². The summed E-state index contributed by atoms with van der Waals surface area (Å²) in [7, 11) is 0. The standard InChI is InChI=1S/C14H9F3OS/c1-19-13-12(14(15,16)17)11-9-5-3-2-4-8(9)6-7-10(11)18-13/h2-7H,1H3. The van der Waals surface area contributed by atoms with Gasteiger partial charge >= 0.3 is 6.18 Å². The summed E-state index contributed by atoms with van der Waals surface area (Å²) < 4.78 is 45.1. The molecule has 0 atom stereocenters. The molecule has 3 aromatic rings. The van der Waals surface area contributed by atoms with Crippen LogP contribution >= 0.6 is 11.8 Å². The van der Waals surface area contributed by atoms with Gasteiger partial charge in [0, 0.05) is 5.39 Å². The van der Waals surface area contributed by atoms with E-state index >= 15 is 0 Å². The molecule has 0 N–H and O–H groups in total. The average Bonchev–Trinajstić information content (AvgIpc) is 2.77. The predicted molar refractivity (Wildman–Crippen MR) is 70.5 cm³/mol. The van der Waals surface area contributed by atoms with E-state index in [4.69, 9.17) is 4.42 Å². The molecule has 3 rings (SSSR count). The van der Waals surface area contributed by atoms with Gasteiger partial charge in [-0.1, -0.05) is 42.1 Å². The summed E-state index contributed by atoms with van der Waals surface area (Å²) in [6.45, 7) is 0. The molecule has 0 saturated heterocycles. The van der Waals surface area contributed by atoms with Gasteiger partial charge in [0.25, 0.3) is 0 Å². The fraction of sp³-hybridized carbons (Fsp3) is 0.143. The lowest BCUT2D eigenvalue weighted by Gasteiger charge is -2.07. The highest BCUT2D eigenvalue weighted by molar-refractivity contribution is 7.98. The van der Waals surface area contributed by atoms with Crippen LogP contribution in [-0.4, -0.2) is 6.26 Å². The summed E-state index contributed by atoms with van der Waals surface area (Å²) in [6.07, 6.45) is -2.84. The molecule has 0 aliphatic rings. The van der Waals surface area contributed by atoms with Gasteiger partial charge in [0.2, 0.25) is 0 Å². The number of hydrogen-bond acceptors (Lipinski definition) is 2. The van der Waals surface area contributed by atoms with Crippen LogP contribution in [0.15, 0.2) is 45.9 Å². The van der Waals surface area contributed by atoms with Crippen LogP contribution in [-0.2, 0) is 6.18 Å². The molecule has 0 aliphatic heterocycles. The zero-order chi connectivity index (χ0) is 13.6. The molecule has 0 aliphatic carbocycles. The lowest BCUT2D eigenvalue weighted by molar-refractivity contribution is -0.139. The summed E-state index contributed by atoms with van der Waals surface area (Å²) in [4.78, 5) is 0. The second-order valence-electron chi connectivity index (χ2n) is 4.13. The third-order valence-corrected chi connectivity index (χ3v) is 3.67. The molecule has 0 spiro atoms. The molecule has 5 heteroatoms. The third kappa shape index (κ3) is 1.89. The summed E-state index contributed by atoms with van der Waals surface area (Å²) in [5.41, 5.74) is -0.401. The molecule has 98 valence electrons. The van der Waals surface area contributed by atoms with Gasteiger partial charge in [-0.3, -0.25) is 0 Å². The van der Waals surface area contributed by atoms with Gasteiger partial charge < -0.3 is 4.42 Å². The van der Waals surface area contributed by atoms with Gasteiger partial charge in [-0.25, -0.2) is 0 Å². The minimum atomic E-state index is -4.42. The normalized spacial score (nSPS) is 12.4. The Labute approximate surface area is 111 Å². The van der Waals surface area contributed by atoms with E-state index in [0.717, 1.165) is 17.1 Å². The number of alkyl halides is 3. The molecule has 2 aromatic carbocycles. The third-order valence-electron chi connectivity index (χ3n) is 3.02. The van der Waals surface area contributed by atoms with Crippen LogP contribution in [0, 0.1) is 0 Å². The summed E-state index contributed by atoms with van der Waals surface area (Å²) in [6, 6.07) is 10.4. The number of rotatable bonds is 1. The average molecular weight is 282 g/mol. The van der Waals surface area contributed by atoms with E-state index in [1.54, 1.807) is 42.7 Å². The van der Waals surface area contributed by atoms with E-state index in [1.165, 1.54) is 0 Å². The zero-order valence-electron chi connectivity index (χ0n) is 9.91. The predicted octanol–water partition coefficient (Wildman–Crippen LogP) is 5.33. The Bertz CT molecular complexity index is 758. The van der Waals surface area contributed by atoms with Gasteiger partial charge in [-0.05, 0) is 23.1 Å². The smallest absolute Gasteiger partial charge is 0.421 e. The van der Waals surface area contributed by atoms with Crippen LogP contribution in [0.2, 0.25) is 0 Å². The van der Waals surface area contributed by atoms with Crippen molar-refractivity contribution in [1.29, 1.82) is 0 Å². The molecule has 0 unspecified atom stereocenters. The number of hydrogen-bond donors (Lipinski definition) is 0. The molecule has 0 amide bonds. The SMILES string of the molecule is CSc1oc2ccc3ccccc3c2c1C(F)(F)F. The van der Waals surface area contributed by atoms with Crippen LogP contribution in [0.25, 0.3) is 21.7 Å². The topological polar surface area (TPSA) is 13.1 Å². The van der Waals surface area contributed by atoms with Gasteiger partial charge in [0.1, 0.15) is 11.1 Å². The molecule has 1 aromatic heterocycles. The second kappa shape index (κ2) is 4.20. The fourth-order valence-corrected chi connectivity index (χ4v) is 2.84. The highest BCUT2D eigenvalue weighted by Gasteiger charge is 2.39. The number of fused-ring (bicyclic) bond motifs is 3. The molecule has 1 heterocycles. The number of thioether (sulfide) groups is 1. The Morgan fingerprint density at radius 3 is 2.47 bits per heavy atom. The van der Waals surface area contributed by atoms with Crippen molar-refractivity contribution in [1.82, 2.24) is 0 Å². The van der Waals surface area contributed by atoms with Crippen LogP contribution in [0.1, 0.15) is 5.56 Å². The summed E-state index contributed by atoms with van der Waals surface area (Å²) >= 11 is 0.970. The lowest BCUT2D eigenvalue weighted by atomic mass is 10.0. The molecule has 0 saturated carbocycles. The minimum absolute atomic E-state index is 0.0844. The molecule has 0 bridgehead atoms. The Morgan fingerprint density at radius 2 is 1.79 bits per heavy atom. The maximum atomic E-state index is 13.3. The van der Waals surface area contributed by atoms with Crippen molar-refractivity contribution < 1.29 is 17.6 Å². The Balaban J connectivity index is 2.53. The lowest BCUT2D eigenvalue weighted by Crippen LogP contribution is -2.05. The fourth-order valence-electron chi connectivity index (χ4n) is 2.25. The van der Waals surface area contributed by atoms with Crippen molar-refractivity contribution >= 4 is 33.5 Å². The van der Waals surface area contributed by atoms with Crippen molar-refractivity contribution in [3.05, 3.63) is 42.0 Å². The summed E-state index contributed by atoms with van der Waals surface area (Å²) in [5, 5.41) is 1.40. The van der Waals surface area contributed by atoms with Gasteiger partial charge in [0.05, 0.1) is 0 Å². The highest BCUT2D eigenvalue weighted by Crippen LogP contribution is 2.45. The molecule has 19 heavy (non-hydrogen) atoms. The highest BCUT2D eigenvalue weighted by atomic mass is 32.2. The first kappa shape index (κ1) is 12.4. The first-order valence-electron chi connectivity index (χ1n) is 5.58. The van der Waals surface area contributed by atoms with Crippen molar-refractivity contribution in [2.45, 2.75) is 11.3 Å². The van der Waals surface area contributed by atoms with Crippen LogP contribution in [0.5, 0.6) is 0 Å². The Hall–Kier alpha value is -1.62. The maximum absolute atomic E-state index is 13.3. The second-order valence-corrected chi connectivity index (χ2v) is 4.91. The van der Waals surface area contributed by atoms with Crippen LogP contribution in [0.3, 0.4) is 0 Å². The molecular formula is C14H9F3OS. The Kier molecular flexibility index (Phi) is 2.74. The van der Waals surface area contributed by atoms with E-state index < -0.39 is 11.7 Å². The molecular weight excluding hydrogens is 273 g/mol. The van der Waals surface area contributed by atoms with Crippen LogP contribution in [0.4, 0.5) is 13.2 Å². The first-order valence-corrected chi connectivity index (χ1v) is 6.80. The van der Waals surface area contributed by atoms with Gasteiger partial charge in [-0.2, -0.15) is 13.2 Å². The van der Waals surface area contributed by atoms with Crippen molar-refractivity contribution in [3.8, 4) is 0 Å². The molecule has 1 nitrogen and oxygen atoms in total. The van der Waals surface area contributed by atoms with Crippen LogP contribution < -0.4 is 0 Å². The largest absolute Gasteiger partial charge is 0.449 e. The molecule has 0 radical (unpaired) electrons. The quantitative estimate of drug-likeness (QED) is 0.560. The van der Waals surface area contributed by atoms with E-state index in [9.17, 15) is 13.2 Å². The molecule has 0 fully saturated rings. The van der Waals surface area contributed by atoms with E-state index in [-0.39, 0.29) is 16.1 Å². The van der Waals surface area contributed by atoms with E-state index in [2.05, 4.69) is 0 Å².